The van der Waals surface area contributed by atoms with Gasteiger partial charge in [0.1, 0.15) is 17.7 Å². The summed E-state index contributed by atoms with van der Waals surface area (Å²) in [7, 11) is 0. The Balaban J connectivity index is 1.96. The molecular weight excluding hydrogens is 350 g/mol. The number of rotatable bonds is 5. The van der Waals surface area contributed by atoms with Crippen LogP contribution in [0.25, 0.3) is 0 Å². The van der Waals surface area contributed by atoms with Crippen molar-refractivity contribution in [3.63, 3.8) is 0 Å². The third-order valence-electron chi connectivity index (χ3n) is 3.89. The van der Waals surface area contributed by atoms with Gasteiger partial charge in [0.05, 0.1) is 4.92 Å². The Bertz CT molecular complexity index is 1020. The average molecular weight is 367 g/mol. The smallest absolute Gasteiger partial charge is 0.329 e. The van der Waals surface area contributed by atoms with Gasteiger partial charge in [0.25, 0.3) is 0 Å². The highest BCUT2D eigenvalue weighted by molar-refractivity contribution is 5.70. The number of aryl methyl sites for hydroxylation is 2. The fourth-order valence-electron chi connectivity index (χ4n) is 2.49. The maximum absolute atomic E-state index is 11.3. The van der Waals surface area contributed by atoms with E-state index in [1.807, 2.05) is 0 Å². The van der Waals surface area contributed by atoms with Crippen LogP contribution in [-0.4, -0.2) is 25.1 Å². The van der Waals surface area contributed by atoms with Crippen LogP contribution in [0.5, 0.6) is 11.5 Å². The molecule has 1 aromatic heterocycles. The van der Waals surface area contributed by atoms with Crippen LogP contribution in [0, 0.1) is 24.0 Å². The van der Waals surface area contributed by atoms with E-state index >= 15 is 0 Å². The molecule has 3 aromatic rings. The average Bonchev–Trinajstić information content (AvgIpc) is 2.60. The Morgan fingerprint density at radius 2 is 1.52 bits per heavy atom. The lowest BCUT2D eigenvalue weighted by Gasteiger charge is -2.12. The number of phenols is 2. The second kappa shape index (κ2) is 7.16. The van der Waals surface area contributed by atoms with E-state index in [4.69, 9.17) is 0 Å². The van der Waals surface area contributed by atoms with E-state index in [1.165, 1.54) is 18.2 Å². The van der Waals surface area contributed by atoms with Gasteiger partial charge in [0.15, 0.2) is 0 Å². The summed E-state index contributed by atoms with van der Waals surface area (Å²) in [6, 6.07) is 9.36. The highest BCUT2D eigenvalue weighted by Gasteiger charge is 2.18. The predicted octanol–water partition coefficient (Wildman–Crippen LogP) is 3.90. The van der Waals surface area contributed by atoms with Gasteiger partial charge < -0.3 is 20.8 Å². The lowest BCUT2D eigenvalue weighted by Crippen LogP contribution is -2.05. The number of benzene rings is 2. The number of nitrogens with one attached hydrogen (secondary N) is 2. The monoisotopic (exact) mass is 367 g/mol. The summed E-state index contributed by atoms with van der Waals surface area (Å²) < 4.78 is 0. The van der Waals surface area contributed by atoms with Crippen LogP contribution < -0.4 is 10.6 Å². The van der Waals surface area contributed by atoms with Gasteiger partial charge in [-0.2, -0.15) is 4.98 Å². The topological polar surface area (TPSA) is 133 Å². The van der Waals surface area contributed by atoms with E-state index in [2.05, 4.69) is 20.6 Å². The third-order valence-corrected chi connectivity index (χ3v) is 3.89. The van der Waals surface area contributed by atoms with Gasteiger partial charge in [0.2, 0.25) is 11.8 Å². The van der Waals surface area contributed by atoms with Crippen LogP contribution >= 0.6 is 0 Å². The number of nitrogens with zero attached hydrogens (tertiary/aromatic N) is 3. The zero-order valence-electron chi connectivity index (χ0n) is 14.6. The fourth-order valence-corrected chi connectivity index (χ4v) is 2.49. The lowest BCUT2D eigenvalue weighted by atomic mass is 10.2. The lowest BCUT2D eigenvalue weighted by molar-refractivity contribution is -0.384. The quantitative estimate of drug-likeness (QED) is 0.303. The molecule has 0 aliphatic heterocycles. The van der Waals surface area contributed by atoms with Crippen LogP contribution in [0.2, 0.25) is 0 Å². The Morgan fingerprint density at radius 1 is 0.963 bits per heavy atom. The van der Waals surface area contributed by atoms with E-state index in [0.29, 0.717) is 16.9 Å². The van der Waals surface area contributed by atoms with Crippen LogP contribution in [0.1, 0.15) is 11.1 Å². The van der Waals surface area contributed by atoms with E-state index < -0.39 is 4.92 Å². The highest BCUT2D eigenvalue weighted by Crippen LogP contribution is 2.30. The molecule has 2 aromatic carbocycles. The van der Waals surface area contributed by atoms with E-state index in [0.717, 1.165) is 11.8 Å². The van der Waals surface area contributed by atoms with Crippen molar-refractivity contribution >= 4 is 28.8 Å². The molecule has 4 N–H and O–H groups in total. The summed E-state index contributed by atoms with van der Waals surface area (Å²) in [5.74, 6) is 0.407. The van der Waals surface area contributed by atoms with Crippen molar-refractivity contribution in [2.45, 2.75) is 13.8 Å². The van der Waals surface area contributed by atoms with Gasteiger partial charge in [-0.25, -0.2) is 4.98 Å². The molecule has 9 nitrogen and oxygen atoms in total. The minimum Gasteiger partial charge on any atom is -0.508 e. The number of anilines is 4. The first-order valence-corrected chi connectivity index (χ1v) is 7.98. The molecule has 27 heavy (non-hydrogen) atoms. The van der Waals surface area contributed by atoms with Gasteiger partial charge >= 0.3 is 5.69 Å². The largest absolute Gasteiger partial charge is 0.508 e. The van der Waals surface area contributed by atoms with E-state index in [1.54, 1.807) is 32.0 Å². The molecule has 138 valence electrons. The van der Waals surface area contributed by atoms with Crippen LogP contribution in [-0.2, 0) is 0 Å². The molecule has 0 bridgehead atoms. The first kappa shape index (κ1) is 17.9. The third kappa shape index (κ3) is 4.03. The van der Waals surface area contributed by atoms with Crippen LogP contribution in [0.3, 0.4) is 0 Å². The van der Waals surface area contributed by atoms with Crippen molar-refractivity contribution < 1.29 is 15.1 Å². The molecule has 0 aliphatic rings. The van der Waals surface area contributed by atoms with Gasteiger partial charge in [-0.15, -0.1) is 0 Å². The minimum atomic E-state index is -0.576. The standard InChI is InChI=1S/C18H17N5O4/c1-10-7-12(24)3-5-14(10)20-17-16(23(26)27)9-19-18(22-17)21-15-6-4-13(25)8-11(15)2/h3-9,24-25H,1-2H3,(H2,19,20,21,22). The SMILES string of the molecule is Cc1cc(O)ccc1Nc1ncc([N+](=O)[O-])c(Nc2ccc(O)cc2C)n1. The Morgan fingerprint density at radius 3 is 2.04 bits per heavy atom. The van der Waals surface area contributed by atoms with Crippen molar-refractivity contribution in [2.24, 2.45) is 0 Å². The predicted molar refractivity (Wildman–Crippen MR) is 101 cm³/mol. The van der Waals surface area contributed by atoms with Gasteiger partial charge in [-0.3, -0.25) is 10.1 Å². The molecule has 0 saturated heterocycles. The molecule has 0 radical (unpaired) electrons. The molecule has 9 heteroatoms. The highest BCUT2D eigenvalue weighted by atomic mass is 16.6. The van der Waals surface area contributed by atoms with E-state index in [9.17, 15) is 20.3 Å². The molecule has 1 heterocycles. The maximum Gasteiger partial charge on any atom is 0.329 e. The minimum absolute atomic E-state index is 0.0164. The second-order valence-electron chi connectivity index (χ2n) is 5.93. The first-order valence-electron chi connectivity index (χ1n) is 7.98. The van der Waals surface area contributed by atoms with Crippen molar-refractivity contribution in [1.82, 2.24) is 9.97 Å². The van der Waals surface area contributed by atoms with Gasteiger partial charge in [0, 0.05) is 11.4 Å². The van der Waals surface area contributed by atoms with Gasteiger partial charge in [-0.05, 0) is 61.4 Å². The van der Waals surface area contributed by atoms with Crippen LogP contribution in [0.15, 0.2) is 42.6 Å². The summed E-state index contributed by atoms with van der Waals surface area (Å²) in [5, 5.41) is 36.2. The molecule has 0 fully saturated rings. The van der Waals surface area contributed by atoms with Crippen molar-refractivity contribution in [1.29, 1.82) is 0 Å². The number of hydrogen-bond donors (Lipinski definition) is 4. The zero-order chi connectivity index (χ0) is 19.6. The van der Waals surface area contributed by atoms with Crippen molar-refractivity contribution in [3.8, 4) is 11.5 Å². The van der Waals surface area contributed by atoms with Gasteiger partial charge in [-0.1, -0.05) is 0 Å². The van der Waals surface area contributed by atoms with E-state index in [-0.39, 0.29) is 29.0 Å². The summed E-state index contributed by atoms with van der Waals surface area (Å²) in [4.78, 5) is 18.9. The summed E-state index contributed by atoms with van der Waals surface area (Å²) in [6.45, 7) is 3.56. The second-order valence-corrected chi connectivity index (χ2v) is 5.93. The number of aromatic hydroxyl groups is 2. The summed E-state index contributed by atoms with van der Waals surface area (Å²) in [5.41, 5.74) is 2.41. The molecule has 0 atom stereocenters. The summed E-state index contributed by atoms with van der Waals surface area (Å²) >= 11 is 0. The Labute approximate surface area is 154 Å². The number of hydrogen-bond acceptors (Lipinski definition) is 8. The summed E-state index contributed by atoms with van der Waals surface area (Å²) in [6.07, 6.45) is 1.11. The Kier molecular flexibility index (Phi) is 4.75. The normalized spacial score (nSPS) is 10.4. The van der Waals surface area contributed by atoms with Crippen molar-refractivity contribution in [2.75, 3.05) is 10.6 Å². The molecule has 0 spiro atoms. The molecule has 0 aliphatic carbocycles. The number of aromatic nitrogens is 2. The van der Waals surface area contributed by atoms with Crippen molar-refractivity contribution in [3.05, 3.63) is 63.8 Å². The first-order chi connectivity index (χ1) is 12.8. The molecular formula is C18H17N5O4. The van der Waals surface area contributed by atoms with Crippen LogP contribution in [0.4, 0.5) is 28.8 Å². The molecule has 0 unspecified atom stereocenters. The molecule has 0 amide bonds. The Hall–Kier alpha value is -3.88. The molecule has 0 saturated carbocycles. The maximum atomic E-state index is 11.3. The number of phenolic OH excluding ortho intramolecular Hbond substituents is 2. The molecule has 3 rings (SSSR count). The zero-order valence-corrected chi connectivity index (χ0v) is 14.6. The fraction of sp³-hybridized carbons (Fsp3) is 0.111. The number of nitro groups is 1.